The van der Waals surface area contributed by atoms with E-state index in [9.17, 15) is 9.59 Å². The summed E-state index contributed by atoms with van der Waals surface area (Å²) in [6, 6.07) is 23.2. The lowest BCUT2D eigenvalue weighted by Gasteiger charge is -2.22. The molecule has 0 aliphatic carbocycles. The molecule has 0 aliphatic rings. The predicted molar refractivity (Wildman–Crippen MR) is 104 cm³/mol. The quantitative estimate of drug-likeness (QED) is 0.487. The van der Waals surface area contributed by atoms with E-state index in [0.29, 0.717) is 28.0 Å². The maximum absolute atomic E-state index is 12.9. The first-order chi connectivity index (χ1) is 13.7. The highest BCUT2D eigenvalue weighted by molar-refractivity contribution is 6.02. The van der Waals surface area contributed by atoms with Crippen LogP contribution in [0.25, 0.3) is 11.1 Å². The monoisotopic (exact) mass is 372 g/mol. The van der Waals surface area contributed by atoms with Crippen molar-refractivity contribution in [2.24, 2.45) is 0 Å². The first kappa shape index (κ1) is 17.5. The van der Waals surface area contributed by atoms with Crippen LogP contribution in [0.4, 0.5) is 11.4 Å². The number of ether oxygens (including phenoxy) is 1. The zero-order chi connectivity index (χ0) is 19.3. The van der Waals surface area contributed by atoms with Crippen LogP contribution >= 0.6 is 0 Å². The smallest absolute Gasteiger partial charge is 0.338 e. The Balaban J connectivity index is 1.52. The molecule has 3 aromatic carbocycles. The molecule has 28 heavy (non-hydrogen) atoms. The van der Waals surface area contributed by atoms with Crippen molar-refractivity contribution in [3.63, 3.8) is 0 Å². The average Bonchev–Trinajstić information content (AvgIpc) is 3.22. The molecule has 6 nitrogen and oxygen atoms in total. The number of para-hydroxylation sites is 2. The summed E-state index contributed by atoms with van der Waals surface area (Å²) < 4.78 is 10.4. The van der Waals surface area contributed by atoms with E-state index in [1.54, 1.807) is 18.2 Å². The minimum atomic E-state index is -0.604. The molecule has 1 heterocycles. The summed E-state index contributed by atoms with van der Waals surface area (Å²) in [4.78, 5) is 30.8. The van der Waals surface area contributed by atoms with Gasteiger partial charge in [0, 0.05) is 11.4 Å². The number of fused-ring (bicyclic) bond motifs is 1. The van der Waals surface area contributed by atoms with E-state index >= 15 is 0 Å². The second-order valence-corrected chi connectivity index (χ2v) is 6.01. The van der Waals surface area contributed by atoms with Gasteiger partial charge in [-0.1, -0.05) is 36.4 Å². The van der Waals surface area contributed by atoms with Gasteiger partial charge >= 0.3 is 5.97 Å². The third kappa shape index (κ3) is 3.61. The molecule has 0 fully saturated rings. The van der Waals surface area contributed by atoms with Gasteiger partial charge in [0.05, 0.1) is 5.56 Å². The highest BCUT2D eigenvalue weighted by Gasteiger charge is 2.20. The molecule has 0 radical (unpaired) electrons. The normalized spacial score (nSPS) is 10.6. The minimum absolute atomic E-state index is 0.294. The Kier molecular flexibility index (Phi) is 4.84. The van der Waals surface area contributed by atoms with Gasteiger partial charge in [0.2, 0.25) is 0 Å². The number of hydrogen-bond acceptors (Lipinski definition) is 5. The van der Waals surface area contributed by atoms with Crippen LogP contribution in [0.1, 0.15) is 10.4 Å². The van der Waals surface area contributed by atoms with Gasteiger partial charge in [-0.2, -0.15) is 0 Å². The second-order valence-electron chi connectivity index (χ2n) is 6.01. The summed E-state index contributed by atoms with van der Waals surface area (Å²) in [6.45, 7) is -0.392. The van der Waals surface area contributed by atoms with E-state index in [1.807, 2.05) is 60.7 Å². The lowest BCUT2D eigenvalue weighted by molar-refractivity contribution is -0.120. The predicted octanol–water partition coefficient (Wildman–Crippen LogP) is 4.35. The number of carbonyl (C=O) groups is 2. The molecule has 4 aromatic rings. The summed E-state index contributed by atoms with van der Waals surface area (Å²) in [7, 11) is 0. The number of oxazole rings is 1. The Labute approximate surface area is 161 Å². The van der Waals surface area contributed by atoms with E-state index in [1.165, 1.54) is 11.3 Å². The van der Waals surface area contributed by atoms with Crippen molar-refractivity contribution in [2.45, 2.75) is 0 Å². The number of rotatable bonds is 5. The second kappa shape index (κ2) is 7.75. The van der Waals surface area contributed by atoms with Crippen LogP contribution in [-0.2, 0) is 9.53 Å². The van der Waals surface area contributed by atoms with Crippen molar-refractivity contribution < 1.29 is 18.7 Å². The Morgan fingerprint density at radius 3 is 2.18 bits per heavy atom. The first-order valence-corrected chi connectivity index (χ1v) is 8.66. The van der Waals surface area contributed by atoms with Crippen LogP contribution in [0.15, 0.2) is 89.7 Å². The molecule has 4 rings (SSSR count). The SMILES string of the molecule is O=C(OCC(=O)N(c1ccccc1)c1ccccc1)c1ccc2ncoc2c1. The summed E-state index contributed by atoms with van der Waals surface area (Å²) in [5.41, 5.74) is 2.81. The molecular weight excluding hydrogens is 356 g/mol. The number of anilines is 2. The molecule has 0 saturated heterocycles. The molecule has 1 aromatic heterocycles. The third-order valence-electron chi connectivity index (χ3n) is 4.17. The number of esters is 1. The molecule has 0 bridgehead atoms. The fourth-order valence-corrected chi connectivity index (χ4v) is 2.85. The zero-order valence-electron chi connectivity index (χ0n) is 14.8. The van der Waals surface area contributed by atoms with Gasteiger partial charge in [0.25, 0.3) is 5.91 Å². The Morgan fingerprint density at radius 2 is 1.54 bits per heavy atom. The van der Waals surface area contributed by atoms with E-state index < -0.39 is 12.6 Å². The van der Waals surface area contributed by atoms with Crippen LogP contribution in [0, 0.1) is 0 Å². The summed E-state index contributed by atoms with van der Waals surface area (Å²) in [6.07, 6.45) is 1.31. The molecule has 6 heteroatoms. The molecule has 0 N–H and O–H groups in total. The lowest BCUT2D eigenvalue weighted by Crippen LogP contribution is -2.30. The van der Waals surface area contributed by atoms with Gasteiger partial charge < -0.3 is 9.15 Å². The molecule has 0 aliphatic heterocycles. The summed E-state index contributed by atoms with van der Waals surface area (Å²) in [5.74, 6) is -0.959. The van der Waals surface area contributed by atoms with Crippen LogP contribution < -0.4 is 4.90 Å². The largest absolute Gasteiger partial charge is 0.452 e. The Morgan fingerprint density at radius 1 is 0.893 bits per heavy atom. The van der Waals surface area contributed by atoms with Gasteiger partial charge in [-0.05, 0) is 42.5 Å². The molecule has 138 valence electrons. The Hall–Kier alpha value is -3.93. The molecule has 1 amide bonds. The van der Waals surface area contributed by atoms with Gasteiger partial charge in [-0.3, -0.25) is 9.69 Å². The van der Waals surface area contributed by atoms with Crippen LogP contribution in [0.2, 0.25) is 0 Å². The van der Waals surface area contributed by atoms with Crippen LogP contribution in [0.5, 0.6) is 0 Å². The first-order valence-electron chi connectivity index (χ1n) is 8.66. The number of nitrogens with zero attached hydrogens (tertiary/aromatic N) is 2. The molecule has 0 atom stereocenters. The number of aromatic nitrogens is 1. The maximum Gasteiger partial charge on any atom is 0.338 e. The number of hydrogen-bond donors (Lipinski definition) is 0. The van der Waals surface area contributed by atoms with Crippen LogP contribution in [-0.4, -0.2) is 23.5 Å². The lowest BCUT2D eigenvalue weighted by atomic mass is 10.2. The van der Waals surface area contributed by atoms with Crippen molar-refractivity contribution >= 4 is 34.4 Å². The highest BCUT2D eigenvalue weighted by atomic mass is 16.5. The van der Waals surface area contributed by atoms with Gasteiger partial charge in [0.1, 0.15) is 5.52 Å². The third-order valence-corrected chi connectivity index (χ3v) is 4.17. The number of carbonyl (C=O) groups excluding carboxylic acids is 2. The van der Waals surface area contributed by atoms with Gasteiger partial charge in [-0.15, -0.1) is 0 Å². The van der Waals surface area contributed by atoms with E-state index in [-0.39, 0.29) is 5.91 Å². The van der Waals surface area contributed by atoms with Crippen molar-refractivity contribution in [3.05, 3.63) is 90.8 Å². The molecular formula is C22H16N2O4. The summed E-state index contributed by atoms with van der Waals surface area (Å²) in [5, 5.41) is 0. The highest BCUT2D eigenvalue weighted by Crippen LogP contribution is 2.25. The van der Waals surface area contributed by atoms with Crippen molar-refractivity contribution in [1.29, 1.82) is 0 Å². The van der Waals surface area contributed by atoms with E-state index in [4.69, 9.17) is 9.15 Å². The molecule has 0 unspecified atom stereocenters. The van der Waals surface area contributed by atoms with Crippen LogP contribution in [0.3, 0.4) is 0 Å². The van der Waals surface area contributed by atoms with Gasteiger partial charge in [0.15, 0.2) is 18.6 Å². The number of benzene rings is 3. The number of amides is 1. The Bertz CT molecular complexity index is 1070. The standard InChI is InChI=1S/C22H16N2O4/c25-21(14-27-22(26)16-11-12-19-20(13-16)28-15-23-19)24(17-7-3-1-4-8-17)18-9-5-2-6-10-18/h1-13,15H,14H2. The van der Waals surface area contributed by atoms with E-state index in [0.717, 1.165) is 0 Å². The molecule has 0 spiro atoms. The average molecular weight is 372 g/mol. The minimum Gasteiger partial charge on any atom is -0.452 e. The molecule has 0 saturated carbocycles. The van der Waals surface area contributed by atoms with E-state index in [2.05, 4.69) is 4.98 Å². The topological polar surface area (TPSA) is 72.6 Å². The van der Waals surface area contributed by atoms with Crippen molar-refractivity contribution in [1.82, 2.24) is 4.98 Å². The van der Waals surface area contributed by atoms with Gasteiger partial charge in [-0.25, -0.2) is 9.78 Å². The fraction of sp³-hybridized carbons (Fsp3) is 0.0455. The zero-order valence-corrected chi connectivity index (χ0v) is 14.8. The van der Waals surface area contributed by atoms with Crippen molar-refractivity contribution in [3.8, 4) is 0 Å². The summed E-state index contributed by atoms with van der Waals surface area (Å²) >= 11 is 0. The van der Waals surface area contributed by atoms with Crippen molar-refractivity contribution in [2.75, 3.05) is 11.5 Å². The fourth-order valence-electron chi connectivity index (χ4n) is 2.85. The maximum atomic E-state index is 12.9.